The van der Waals surface area contributed by atoms with Gasteiger partial charge in [0.15, 0.2) is 0 Å². The van der Waals surface area contributed by atoms with Gasteiger partial charge in [-0.25, -0.2) is 0 Å². The van der Waals surface area contributed by atoms with Gasteiger partial charge >= 0.3 is 6.18 Å². The molecule has 78 valence electrons. The molecule has 0 bridgehead atoms. The second-order valence-corrected chi connectivity index (χ2v) is 4.22. The van der Waals surface area contributed by atoms with Crippen LogP contribution < -0.4 is 0 Å². The zero-order chi connectivity index (χ0) is 10.8. The lowest BCUT2D eigenvalue weighted by Gasteiger charge is -2.10. The van der Waals surface area contributed by atoms with Gasteiger partial charge in [0.05, 0.1) is 5.56 Å². The van der Waals surface area contributed by atoms with Crippen molar-refractivity contribution in [2.24, 2.45) is 0 Å². The molecule has 0 aromatic heterocycles. The van der Waals surface area contributed by atoms with E-state index in [4.69, 9.17) is 0 Å². The number of hydrogen-bond donors (Lipinski definition) is 0. The van der Waals surface area contributed by atoms with E-state index in [-0.39, 0.29) is 0 Å². The normalized spacial score (nSPS) is 11.8. The molecule has 0 spiro atoms. The van der Waals surface area contributed by atoms with Gasteiger partial charge in [-0.05, 0) is 30.4 Å². The first-order valence-corrected chi connectivity index (χ1v) is 5.24. The molecule has 14 heavy (non-hydrogen) atoms. The van der Waals surface area contributed by atoms with Gasteiger partial charge in [-0.15, -0.1) is 11.8 Å². The maximum absolute atomic E-state index is 12.3. The average molecular weight is 220 g/mol. The maximum atomic E-state index is 12.3. The first-order valence-electron chi connectivity index (χ1n) is 4.25. The Kier molecular flexibility index (Phi) is 3.48. The lowest BCUT2D eigenvalue weighted by atomic mass is 10.1. The summed E-state index contributed by atoms with van der Waals surface area (Å²) in [5, 5.41) is 0. The summed E-state index contributed by atoms with van der Waals surface area (Å²) < 4.78 is 37.0. The van der Waals surface area contributed by atoms with Gasteiger partial charge in [-0.3, -0.25) is 0 Å². The standard InChI is InChI=1S/C10H11F3S/c1-3-14-9-6-8(10(11,12)13)5-4-7(9)2/h4-6H,3H2,1-2H3. The lowest BCUT2D eigenvalue weighted by molar-refractivity contribution is -0.137. The SMILES string of the molecule is CCSc1cc(C(F)(F)F)ccc1C. The minimum atomic E-state index is -4.24. The third-order valence-corrected chi connectivity index (χ3v) is 2.85. The minimum Gasteiger partial charge on any atom is -0.166 e. The van der Waals surface area contributed by atoms with Crippen LogP contribution >= 0.6 is 11.8 Å². The van der Waals surface area contributed by atoms with Gasteiger partial charge < -0.3 is 0 Å². The predicted octanol–water partition coefficient (Wildman–Crippen LogP) is 4.13. The van der Waals surface area contributed by atoms with E-state index in [2.05, 4.69) is 0 Å². The summed E-state index contributed by atoms with van der Waals surface area (Å²) in [6, 6.07) is 3.85. The van der Waals surface area contributed by atoms with Crippen molar-refractivity contribution in [1.82, 2.24) is 0 Å². The van der Waals surface area contributed by atoms with Crippen molar-refractivity contribution in [3.05, 3.63) is 29.3 Å². The third kappa shape index (κ3) is 2.67. The molecule has 1 aromatic carbocycles. The smallest absolute Gasteiger partial charge is 0.166 e. The molecule has 1 rings (SSSR count). The van der Waals surface area contributed by atoms with E-state index in [0.29, 0.717) is 4.90 Å². The Morgan fingerprint density at radius 2 is 1.93 bits per heavy atom. The van der Waals surface area contributed by atoms with E-state index in [1.807, 2.05) is 13.8 Å². The number of rotatable bonds is 2. The summed E-state index contributed by atoms with van der Waals surface area (Å²) in [4.78, 5) is 0.710. The summed E-state index contributed by atoms with van der Waals surface area (Å²) in [5.74, 6) is 0.780. The van der Waals surface area contributed by atoms with E-state index < -0.39 is 11.7 Å². The fourth-order valence-corrected chi connectivity index (χ4v) is 1.90. The lowest BCUT2D eigenvalue weighted by Crippen LogP contribution is -2.05. The van der Waals surface area contributed by atoms with Crippen LogP contribution in [0, 0.1) is 6.92 Å². The van der Waals surface area contributed by atoms with Crippen LogP contribution in [0.5, 0.6) is 0 Å². The van der Waals surface area contributed by atoms with Crippen LogP contribution in [0.2, 0.25) is 0 Å². The van der Waals surface area contributed by atoms with E-state index in [9.17, 15) is 13.2 Å². The van der Waals surface area contributed by atoms with Gasteiger partial charge in [0.25, 0.3) is 0 Å². The number of alkyl halides is 3. The molecule has 0 saturated heterocycles. The molecule has 0 unspecified atom stereocenters. The van der Waals surface area contributed by atoms with Crippen LogP contribution in [0.3, 0.4) is 0 Å². The summed E-state index contributed by atoms with van der Waals surface area (Å²) in [5.41, 5.74) is 0.323. The molecule has 0 heterocycles. The van der Waals surface area contributed by atoms with Crippen LogP contribution in [-0.2, 0) is 6.18 Å². The molecule has 0 aliphatic heterocycles. The Labute approximate surface area is 85.5 Å². The van der Waals surface area contributed by atoms with Gasteiger partial charge in [-0.2, -0.15) is 13.2 Å². The molecular formula is C10H11F3S. The summed E-state index contributed by atoms with van der Waals surface area (Å²) in [6.45, 7) is 3.74. The van der Waals surface area contributed by atoms with Crippen molar-refractivity contribution >= 4 is 11.8 Å². The average Bonchev–Trinajstić information content (AvgIpc) is 2.07. The largest absolute Gasteiger partial charge is 0.416 e. The summed E-state index contributed by atoms with van der Waals surface area (Å²) >= 11 is 1.43. The van der Waals surface area contributed by atoms with Crippen molar-refractivity contribution in [2.45, 2.75) is 24.9 Å². The van der Waals surface area contributed by atoms with Crippen LogP contribution in [0.25, 0.3) is 0 Å². The van der Waals surface area contributed by atoms with Crippen molar-refractivity contribution in [3.8, 4) is 0 Å². The molecule has 0 aliphatic rings. The Morgan fingerprint density at radius 3 is 2.43 bits per heavy atom. The Morgan fingerprint density at radius 1 is 1.29 bits per heavy atom. The van der Waals surface area contributed by atoms with Crippen LogP contribution in [0.4, 0.5) is 13.2 Å². The van der Waals surface area contributed by atoms with Crippen molar-refractivity contribution < 1.29 is 13.2 Å². The minimum absolute atomic E-state index is 0.570. The number of hydrogen-bond acceptors (Lipinski definition) is 1. The highest BCUT2D eigenvalue weighted by Gasteiger charge is 2.30. The number of benzene rings is 1. The second kappa shape index (κ2) is 4.26. The van der Waals surface area contributed by atoms with Gasteiger partial charge in [0.2, 0.25) is 0 Å². The monoisotopic (exact) mass is 220 g/mol. The summed E-state index contributed by atoms with van der Waals surface area (Å²) in [6.07, 6.45) is -4.24. The molecule has 0 fully saturated rings. The maximum Gasteiger partial charge on any atom is 0.416 e. The third-order valence-electron chi connectivity index (χ3n) is 1.82. The molecule has 0 nitrogen and oxygen atoms in total. The Hall–Kier alpha value is -0.640. The van der Waals surface area contributed by atoms with Gasteiger partial charge in [-0.1, -0.05) is 13.0 Å². The van der Waals surface area contributed by atoms with Gasteiger partial charge in [0.1, 0.15) is 0 Å². The van der Waals surface area contributed by atoms with E-state index >= 15 is 0 Å². The number of thioether (sulfide) groups is 1. The van der Waals surface area contributed by atoms with Crippen LogP contribution in [0.1, 0.15) is 18.1 Å². The zero-order valence-corrected chi connectivity index (χ0v) is 8.80. The first-order chi connectivity index (χ1) is 6.45. The molecule has 0 atom stereocenters. The molecule has 4 heteroatoms. The first kappa shape index (κ1) is 11.4. The highest BCUT2D eigenvalue weighted by molar-refractivity contribution is 7.99. The van der Waals surface area contributed by atoms with Crippen molar-refractivity contribution in [3.63, 3.8) is 0 Å². The zero-order valence-electron chi connectivity index (χ0n) is 7.98. The molecule has 0 amide bonds. The van der Waals surface area contributed by atoms with Crippen LogP contribution in [0.15, 0.2) is 23.1 Å². The number of aryl methyl sites for hydroxylation is 1. The number of halogens is 3. The molecular weight excluding hydrogens is 209 g/mol. The Bertz CT molecular complexity index is 318. The van der Waals surface area contributed by atoms with Crippen molar-refractivity contribution in [2.75, 3.05) is 5.75 Å². The van der Waals surface area contributed by atoms with E-state index in [1.165, 1.54) is 23.9 Å². The topological polar surface area (TPSA) is 0 Å². The molecule has 0 aliphatic carbocycles. The van der Waals surface area contributed by atoms with Gasteiger partial charge in [0, 0.05) is 4.90 Å². The molecule has 1 aromatic rings. The van der Waals surface area contributed by atoms with Crippen LogP contribution in [-0.4, -0.2) is 5.75 Å². The second-order valence-electron chi connectivity index (χ2n) is 2.91. The predicted molar refractivity (Wildman–Crippen MR) is 52.6 cm³/mol. The summed E-state index contributed by atoms with van der Waals surface area (Å²) in [7, 11) is 0. The molecule has 0 radical (unpaired) electrons. The fourth-order valence-electron chi connectivity index (χ4n) is 1.09. The molecule has 0 saturated carbocycles. The highest BCUT2D eigenvalue weighted by atomic mass is 32.2. The quantitative estimate of drug-likeness (QED) is 0.675. The van der Waals surface area contributed by atoms with E-state index in [0.717, 1.165) is 17.4 Å². The highest BCUT2D eigenvalue weighted by Crippen LogP contribution is 2.33. The molecule has 0 N–H and O–H groups in total. The Balaban J connectivity index is 3.06. The van der Waals surface area contributed by atoms with Crippen molar-refractivity contribution in [1.29, 1.82) is 0 Å². The fraction of sp³-hybridized carbons (Fsp3) is 0.400. The van der Waals surface area contributed by atoms with E-state index in [1.54, 1.807) is 0 Å².